The third-order valence-corrected chi connectivity index (χ3v) is 4.25. The maximum atomic E-state index is 11.0. The van der Waals surface area contributed by atoms with E-state index in [9.17, 15) is 4.79 Å². The fourth-order valence-corrected chi connectivity index (χ4v) is 3.30. The Morgan fingerprint density at radius 1 is 1.50 bits per heavy atom. The molecule has 0 aliphatic carbocycles. The van der Waals surface area contributed by atoms with Gasteiger partial charge in [0.05, 0.1) is 11.6 Å². The highest BCUT2D eigenvalue weighted by atomic mass is 35.5. The molecule has 1 aromatic carbocycles. The van der Waals surface area contributed by atoms with Crippen LogP contribution < -0.4 is 10.1 Å². The lowest BCUT2D eigenvalue weighted by atomic mass is 10.0. The van der Waals surface area contributed by atoms with Crippen molar-refractivity contribution >= 4 is 28.8 Å². The van der Waals surface area contributed by atoms with E-state index in [2.05, 4.69) is 22.8 Å². The van der Waals surface area contributed by atoms with Crippen LogP contribution in [0.15, 0.2) is 29.0 Å². The molecule has 1 atom stereocenters. The van der Waals surface area contributed by atoms with Crippen molar-refractivity contribution < 1.29 is 9.53 Å². The molecule has 2 heterocycles. The van der Waals surface area contributed by atoms with Crippen LogP contribution in [0.25, 0.3) is 11.1 Å². The van der Waals surface area contributed by atoms with Gasteiger partial charge in [0.15, 0.2) is 0 Å². The monoisotopic (exact) mass is 307 g/mol. The SMILES string of the molecule is CC(=O)NC[C@@H]1Cc2cc(-c3ccsc3)cc(Cl)c2O1. The second-order valence-corrected chi connectivity index (χ2v) is 6.03. The predicted octanol–water partition coefficient (Wildman–Crippen LogP) is 3.51. The van der Waals surface area contributed by atoms with Gasteiger partial charge in [0.2, 0.25) is 5.91 Å². The Hall–Kier alpha value is -1.52. The van der Waals surface area contributed by atoms with Gasteiger partial charge < -0.3 is 10.1 Å². The van der Waals surface area contributed by atoms with E-state index in [1.165, 1.54) is 12.5 Å². The van der Waals surface area contributed by atoms with E-state index in [1.807, 2.05) is 11.4 Å². The molecule has 0 radical (unpaired) electrons. The molecule has 2 aromatic rings. The molecular weight excluding hydrogens is 294 g/mol. The molecule has 20 heavy (non-hydrogen) atoms. The van der Waals surface area contributed by atoms with Crippen LogP contribution in [0.5, 0.6) is 5.75 Å². The van der Waals surface area contributed by atoms with Gasteiger partial charge in [-0.1, -0.05) is 11.6 Å². The normalized spacial score (nSPS) is 16.6. The smallest absolute Gasteiger partial charge is 0.217 e. The molecular formula is C15H14ClNO2S. The van der Waals surface area contributed by atoms with Crippen LogP contribution in [0.3, 0.4) is 0 Å². The van der Waals surface area contributed by atoms with E-state index >= 15 is 0 Å². The number of rotatable bonds is 3. The average Bonchev–Trinajstić information content (AvgIpc) is 3.05. The maximum Gasteiger partial charge on any atom is 0.217 e. The molecule has 3 rings (SSSR count). The van der Waals surface area contributed by atoms with Gasteiger partial charge in [-0.25, -0.2) is 0 Å². The van der Waals surface area contributed by atoms with E-state index in [-0.39, 0.29) is 12.0 Å². The summed E-state index contributed by atoms with van der Waals surface area (Å²) in [7, 11) is 0. The molecule has 1 aliphatic heterocycles. The van der Waals surface area contributed by atoms with Gasteiger partial charge >= 0.3 is 0 Å². The van der Waals surface area contributed by atoms with Crippen LogP contribution in [0.1, 0.15) is 12.5 Å². The largest absolute Gasteiger partial charge is 0.486 e. The molecule has 0 fully saturated rings. The van der Waals surface area contributed by atoms with Crippen LogP contribution in [-0.2, 0) is 11.2 Å². The molecule has 104 valence electrons. The first kappa shape index (κ1) is 13.5. The van der Waals surface area contributed by atoms with Crippen molar-refractivity contribution in [2.45, 2.75) is 19.4 Å². The first-order valence-corrected chi connectivity index (χ1v) is 7.71. The number of fused-ring (bicyclic) bond motifs is 1. The number of thiophene rings is 1. The summed E-state index contributed by atoms with van der Waals surface area (Å²) in [5.41, 5.74) is 3.39. The number of nitrogens with one attached hydrogen (secondary N) is 1. The number of benzene rings is 1. The average molecular weight is 308 g/mol. The van der Waals surface area contributed by atoms with Gasteiger partial charge in [0.1, 0.15) is 11.9 Å². The Kier molecular flexibility index (Phi) is 3.68. The Morgan fingerprint density at radius 3 is 3.05 bits per heavy atom. The van der Waals surface area contributed by atoms with Crippen LogP contribution in [-0.4, -0.2) is 18.6 Å². The number of amides is 1. The Labute approximate surface area is 126 Å². The Morgan fingerprint density at radius 2 is 2.35 bits per heavy atom. The zero-order chi connectivity index (χ0) is 14.1. The number of ether oxygens (including phenoxy) is 1. The Balaban J connectivity index is 1.83. The number of carbonyl (C=O) groups excluding carboxylic acids is 1. The molecule has 1 aliphatic rings. The van der Waals surface area contributed by atoms with Crippen molar-refractivity contribution in [1.29, 1.82) is 0 Å². The number of carbonyl (C=O) groups is 1. The molecule has 3 nitrogen and oxygen atoms in total. The van der Waals surface area contributed by atoms with Crippen molar-refractivity contribution in [2.24, 2.45) is 0 Å². The van der Waals surface area contributed by atoms with Gasteiger partial charge in [-0.3, -0.25) is 4.79 Å². The molecule has 0 saturated heterocycles. The zero-order valence-corrected chi connectivity index (χ0v) is 12.6. The van der Waals surface area contributed by atoms with Gasteiger partial charge in [0, 0.05) is 18.9 Å². The third kappa shape index (κ3) is 2.67. The maximum absolute atomic E-state index is 11.0. The van der Waals surface area contributed by atoms with Gasteiger partial charge in [0.25, 0.3) is 0 Å². The summed E-state index contributed by atoms with van der Waals surface area (Å²) in [6, 6.07) is 6.13. The number of hydrogen-bond donors (Lipinski definition) is 1. The number of hydrogen-bond acceptors (Lipinski definition) is 3. The quantitative estimate of drug-likeness (QED) is 0.942. The van der Waals surface area contributed by atoms with E-state index < -0.39 is 0 Å². The summed E-state index contributed by atoms with van der Waals surface area (Å²) in [6.45, 7) is 2.01. The van der Waals surface area contributed by atoms with Gasteiger partial charge in [-0.15, -0.1) is 0 Å². The van der Waals surface area contributed by atoms with E-state index in [0.717, 1.165) is 23.3 Å². The highest BCUT2D eigenvalue weighted by molar-refractivity contribution is 7.08. The summed E-state index contributed by atoms with van der Waals surface area (Å²) < 4.78 is 5.82. The zero-order valence-electron chi connectivity index (χ0n) is 11.0. The van der Waals surface area contributed by atoms with Crippen LogP contribution in [0, 0.1) is 0 Å². The minimum absolute atomic E-state index is 0.0378. The molecule has 5 heteroatoms. The van der Waals surface area contributed by atoms with Crippen LogP contribution in [0.4, 0.5) is 0 Å². The summed E-state index contributed by atoms with van der Waals surface area (Å²) in [6.07, 6.45) is 0.733. The second kappa shape index (κ2) is 5.46. The van der Waals surface area contributed by atoms with Crippen LogP contribution >= 0.6 is 22.9 Å². The lowest BCUT2D eigenvalue weighted by Gasteiger charge is -2.11. The van der Waals surface area contributed by atoms with Crippen molar-refractivity contribution in [2.75, 3.05) is 6.54 Å². The molecule has 0 spiro atoms. The van der Waals surface area contributed by atoms with Crippen molar-refractivity contribution in [1.82, 2.24) is 5.32 Å². The summed E-state index contributed by atoms with van der Waals surface area (Å²) >= 11 is 7.97. The number of halogens is 1. The van der Waals surface area contributed by atoms with E-state index in [0.29, 0.717) is 11.6 Å². The first-order valence-electron chi connectivity index (χ1n) is 6.39. The van der Waals surface area contributed by atoms with E-state index in [4.69, 9.17) is 16.3 Å². The third-order valence-electron chi connectivity index (χ3n) is 3.29. The summed E-state index contributed by atoms with van der Waals surface area (Å²) in [5, 5.41) is 7.56. The summed E-state index contributed by atoms with van der Waals surface area (Å²) in [4.78, 5) is 11.0. The van der Waals surface area contributed by atoms with Crippen molar-refractivity contribution in [3.63, 3.8) is 0 Å². The molecule has 1 N–H and O–H groups in total. The van der Waals surface area contributed by atoms with E-state index in [1.54, 1.807) is 11.3 Å². The highest BCUT2D eigenvalue weighted by Crippen LogP contribution is 2.39. The first-order chi connectivity index (χ1) is 9.63. The fourth-order valence-electron chi connectivity index (χ4n) is 2.35. The summed E-state index contributed by atoms with van der Waals surface area (Å²) in [5.74, 6) is 0.704. The predicted molar refractivity (Wildman–Crippen MR) is 81.6 cm³/mol. The van der Waals surface area contributed by atoms with Gasteiger partial charge in [-0.2, -0.15) is 11.3 Å². The molecule has 1 amide bonds. The second-order valence-electron chi connectivity index (χ2n) is 4.84. The van der Waals surface area contributed by atoms with Gasteiger partial charge in [-0.05, 0) is 40.1 Å². The standard InChI is InChI=1S/C15H14ClNO2S/c1-9(18)17-7-13-5-12-4-11(10-2-3-20-8-10)6-14(16)15(12)19-13/h2-4,6,8,13H,5,7H2,1H3,(H,17,18)/t13-/m0/s1. The van der Waals surface area contributed by atoms with Crippen molar-refractivity contribution in [3.8, 4) is 16.9 Å². The van der Waals surface area contributed by atoms with Crippen molar-refractivity contribution in [3.05, 3.63) is 39.5 Å². The minimum atomic E-state index is -0.0467. The topological polar surface area (TPSA) is 38.3 Å². The molecule has 1 aromatic heterocycles. The molecule has 0 bridgehead atoms. The Bertz CT molecular complexity index is 640. The molecule has 0 unspecified atom stereocenters. The van der Waals surface area contributed by atoms with Crippen LogP contribution in [0.2, 0.25) is 5.02 Å². The lowest BCUT2D eigenvalue weighted by molar-refractivity contribution is -0.119. The minimum Gasteiger partial charge on any atom is -0.486 e. The lowest BCUT2D eigenvalue weighted by Crippen LogP contribution is -2.32. The molecule has 0 saturated carbocycles. The highest BCUT2D eigenvalue weighted by Gasteiger charge is 2.26. The fraction of sp³-hybridized carbons (Fsp3) is 0.267.